The molecule has 4 nitrogen and oxygen atoms in total. The number of ether oxygens (including phenoxy) is 1. The molecule has 0 aliphatic rings. The average molecular weight is 379 g/mol. The number of carbonyl (C=O) groups excluding carboxylic acids is 1. The molecule has 6 heteroatoms. The van der Waals surface area contributed by atoms with Crippen molar-refractivity contribution in [2.75, 3.05) is 6.61 Å². The summed E-state index contributed by atoms with van der Waals surface area (Å²) in [6, 6.07) is 12.9. The molecule has 0 radical (unpaired) electrons. The summed E-state index contributed by atoms with van der Waals surface area (Å²) < 4.78 is 5.45. The number of amides is 1. The fourth-order valence-electron chi connectivity index (χ4n) is 2.03. The first-order valence-corrected chi connectivity index (χ1v) is 8.52. The van der Waals surface area contributed by atoms with E-state index in [1.165, 1.54) is 11.8 Å². The minimum absolute atomic E-state index is 0.0756. The van der Waals surface area contributed by atoms with Gasteiger partial charge in [-0.3, -0.25) is 4.79 Å². The van der Waals surface area contributed by atoms with E-state index in [4.69, 9.17) is 27.9 Å². The van der Waals surface area contributed by atoms with Gasteiger partial charge in [-0.1, -0.05) is 68.2 Å². The molecule has 2 aromatic carbocycles. The zero-order valence-electron chi connectivity index (χ0n) is 14.3. The third-order valence-electron chi connectivity index (χ3n) is 3.46. The Hall–Kier alpha value is -2.04. The van der Waals surface area contributed by atoms with Gasteiger partial charge in [-0.05, 0) is 29.2 Å². The average Bonchev–Trinajstić information content (AvgIpc) is 2.56. The summed E-state index contributed by atoms with van der Waals surface area (Å²) in [5.41, 5.74) is 4.28. The van der Waals surface area contributed by atoms with Crippen LogP contribution in [-0.2, 0) is 10.2 Å². The van der Waals surface area contributed by atoms with Gasteiger partial charge in [0.1, 0.15) is 5.75 Å². The van der Waals surface area contributed by atoms with Crippen LogP contribution in [0.5, 0.6) is 5.75 Å². The van der Waals surface area contributed by atoms with Crippen molar-refractivity contribution in [2.24, 2.45) is 5.10 Å². The van der Waals surface area contributed by atoms with E-state index in [-0.39, 0.29) is 17.9 Å². The lowest BCUT2D eigenvalue weighted by molar-refractivity contribution is -0.123. The molecule has 1 N–H and O–H groups in total. The Kier molecular flexibility index (Phi) is 6.45. The van der Waals surface area contributed by atoms with Crippen LogP contribution >= 0.6 is 23.2 Å². The molecule has 0 spiro atoms. The zero-order chi connectivity index (χ0) is 18.4. The number of carbonyl (C=O) groups is 1. The number of rotatable bonds is 5. The minimum atomic E-state index is -0.366. The Morgan fingerprint density at radius 1 is 1.16 bits per heavy atom. The summed E-state index contributed by atoms with van der Waals surface area (Å²) in [4.78, 5) is 11.8. The van der Waals surface area contributed by atoms with Gasteiger partial charge in [0.05, 0.1) is 16.3 Å². The van der Waals surface area contributed by atoms with Gasteiger partial charge < -0.3 is 4.74 Å². The second kappa shape index (κ2) is 8.37. The normalized spacial score (nSPS) is 11.6. The Morgan fingerprint density at radius 2 is 1.84 bits per heavy atom. The first-order valence-electron chi connectivity index (χ1n) is 7.76. The predicted molar refractivity (Wildman–Crippen MR) is 103 cm³/mol. The van der Waals surface area contributed by atoms with Gasteiger partial charge in [0.25, 0.3) is 5.91 Å². The molecular weight excluding hydrogens is 359 g/mol. The highest BCUT2D eigenvalue weighted by Crippen LogP contribution is 2.25. The molecule has 0 fully saturated rings. The minimum Gasteiger partial charge on any atom is -0.484 e. The van der Waals surface area contributed by atoms with Crippen LogP contribution in [0.4, 0.5) is 0 Å². The number of hydrogen-bond donors (Lipinski definition) is 1. The molecule has 0 saturated carbocycles. The van der Waals surface area contributed by atoms with Gasteiger partial charge in [0.2, 0.25) is 0 Å². The number of hydrogen-bond acceptors (Lipinski definition) is 3. The molecule has 0 aliphatic carbocycles. The van der Waals surface area contributed by atoms with Crippen molar-refractivity contribution in [1.82, 2.24) is 5.43 Å². The van der Waals surface area contributed by atoms with Crippen molar-refractivity contribution in [2.45, 2.75) is 26.2 Å². The van der Waals surface area contributed by atoms with Gasteiger partial charge in [0, 0.05) is 5.56 Å². The van der Waals surface area contributed by atoms with E-state index in [2.05, 4.69) is 31.3 Å². The molecule has 25 heavy (non-hydrogen) atoms. The summed E-state index contributed by atoms with van der Waals surface area (Å²) in [7, 11) is 0. The molecule has 132 valence electrons. The van der Waals surface area contributed by atoms with Crippen LogP contribution in [0.3, 0.4) is 0 Å². The second-order valence-corrected chi connectivity index (χ2v) is 7.28. The van der Waals surface area contributed by atoms with Crippen LogP contribution in [0.1, 0.15) is 31.9 Å². The number of nitrogens with one attached hydrogen (secondary N) is 1. The Morgan fingerprint density at radius 3 is 2.48 bits per heavy atom. The van der Waals surface area contributed by atoms with Gasteiger partial charge >= 0.3 is 0 Å². The summed E-state index contributed by atoms with van der Waals surface area (Å²) >= 11 is 11.9. The maximum Gasteiger partial charge on any atom is 0.277 e. The van der Waals surface area contributed by atoms with Gasteiger partial charge in [0.15, 0.2) is 6.61 Å². The van der Waals surface area contributed by atoms with Crippen molar-refractivity contribution >= 4 is 35.3 Å². The van der Waals surface area contributed by atoms with E-state index < -0.39 is 0 Å². The second-order valence-electron chi connectivity index (χ2n) is 6.50. The van der Waals surface area contributed by atoms with Crippen molar-refractivity contribution in [3.63, 3.8) is 0 Å². The molecule has 0 heterocycles. The van der Waals surface area contributed by atoms with Crippen LogP contribution in [0.2, 0.25) is 10.0 Å². The van der Waals surface area contributed by atoms with Crippen molar-refractivity contribution in [1.29, 1.82) is 0 Å². The summed E-state index contributed by atoms with van der Waals surface area (Å²) in [6.07, 6.45) is 1.43. The molecular formula is C19H20Cl2N2O2. The lowest BCUT2D eigenvalue weighted by Gasteiger charge is -2.19. The summed E-state index contributed by atoms with van der Waals surface area (Å²) in [6.45, 7) is 6.29. The topological polar surface area (TPSA) is 50.7 Å². The fraction of sp³-hybridized carbons (Fsp3) is 0.263. The van der Waals surface area contributed by atoms with E-state index in [1.54, 1.807) is 18.2 Å². The molecule has 2 aromatic rings. The number of halogens is 2. The highest BCUT2D eigenvalue weighted by atomic mass is 35.5. The molecule has 1 amide bonds. The van der Waals surface area contributed by atoms with Crippen LogP contribution in [0.15, 0.2) is 47.6 Å². The largest absolute Gasteiger partial charge is 0.484 e. The van der Waals surface area contributed by atoms with E-state index in [9.17, 15) is 4.79 Å². The molecule has 2 rings (SSSR count). The van der Waals surface area contributed by atoms with Crippen molar-refractivity contribution in [3.8, 4) is 5.75 Å². The molecule has 0 unspecified atom stereocenters. The van der Waals surface area contributed by atoms with E-state index in [0.29, 0.717) is 21.4 Å². The van der Waals surface area contributed by atoms with Gasteiger partial charge in [-0.2, -0.15) is 5.10 Å². The SMILES string of the molecule is CC(C)(C)c1ccc(OCC(=O)N/N=C\c2cccc(Cl)c2Cl)cc1. The first kappa shape index (κ1) is 19.3. The predicted octanol–water partition coefficient (Wildman–Crippen LogP) is 4.82. The van der Waals surface area contributed by atoms with Crippen LogP contribution in [-0.4, -0.2) is 18.7 Å². The maximum atomic E-state index is 11.8. The van der Waals surface area contributed by atoms with E-state index in [1.807, 2.05) is 24.3 Å². The van der Waals surface area contributed by atoms with E-state index >= 15 is 0 Å². The zero-order valence-corrected chi connectivity index (χ0v) is 15.9. The Labute approximate surface area is 157 Å². The number of benzene rings is 2. The van der Waals surface area contributed by atoms with Crippen molar-refractivity contribution < 1.29 is 9.53 Å². The Balaban J connectivity index is 1.84. The van der Waals surface area contributed by atoms with Gasteiger partial charge in [-0.15, -0.1) is 0 Å². The van der Waals surface area contributed by atoms with Crippen molar-refractivity contribution in [3.05, 3.63) is 63.6 Å². The first-order chi connectivity index (χ1) is 11.8. The monoisotopic (exact) mass is 378 g/mol. The fourth-order valence-corrected chi connectivity index (χ4v) is 2.38. The van der Waals surface area contributed by atoms with Crippen LogP contribution < -0.4 is 10.2 Å². The van der Waals surface area contributed by atoms with E-state index in [0.717, 1.165) is 0 Å². The van der Waals surface area contributed by atoms with Crippen LogP contribution in [0, 0.1) is 0 Å². The highest BCUT2D eigenvalue weighted by molar-refractivity contribution is 6.43. The lowest BCUT2D eigenvalue weighted by atomic mass is 9.87. The summed E-state index contributed by atoms with van der Waals surface area (Å²) in [5, 5.41) is 4.67. The molecule has 0 bridgehead atoms. The standard InChI is InChI=1S/C19H20Cl2N2O2/c1-19(2,3)14-7-9-15(10-8-14)25-12-17(24)23-22-11-13-5-4-6-16(20)18(13)21/h4-11H,12H2,1-3H3,(H,23,24)/b22-11-. The highest BCUT2D eigenvalue weighted by Gasteiger charge is 2.13. The smallest absolute Gasteiger partial charge is 0.277 e. The lowest BCUT2D eigenvalue weighted by Crippen LogP contribution is -2.24. The quantitative estimate of drug-likeness (QED) is 0.598. The molecule has 0 aliphatic heterocycles. The number of nitrogens with zero attached hydrogens (tertiary/aromatic N) is 1. The number of hydrazone groups is 1. The molecule has 0 atom stereocenters. The van der Waals surface area contributed by atoms with Crippen LogP contribution in [0.25, 0.3) is 0 Å². The third-order valence-corrected chi connectivity index (χ3v) is 4.30. The molecule has 0 saturated heterocycles. The summed E-state index contributed by atoms with van der Waals surface area (Å²) in [5.74, 6) is 0.263. The van der Waals surface area contributed by atoms with Gasteiger partial charge in [-0.25, -0.2) is 5.43 Å². The third kappa shape index (κ3) is 5.76. The Bertz CT molecular complexity index is 766. The molecule has 0 aromatic heterocycles. The maximum absolute atomic E-state index is 11.8.